The van der Waals surface area contributed by atoms with Gasteiger partial charge in [0.1, 0.15) is 11.2 Å². The summed E-state index contributed by atoms with van der Waals surface area (Å²) in [7, 11) is 0. The number of pyridine rings is 1. The van der Waals surface area contributed by atoms with Gasteiger partial charge in [-0.1, -0.05) is 6.92 Å². The van der Waals surface area contributed by atoms with Crippen LogP contribution in [0.25, 0.3) is 11.0 Å². The summed E-state index contributed by atoms with van der Waals surface area (Å²) in [4.78, 5) is 19.6. The lowest BCUT2D eigenvalue weighted by atomic mass is 9.84. The Bertz CT molecular complexity index is 697. The summed E-state index contributed by atoms with van der Waals surface area (Å²) in [6.07, 6.45) is 5.57. The zero-order valence-electron chi connectivity index (χ0n) is 13.5. The first kappa shape index (κ1) is 15.8. The van der Waals surface area contributed by atoms with Crippen LogP contribution in [-0.4, -0.2) is 39.8 Å². The Balaban J connectivity index is 1.95. The second-order valence-electron chi connectivity index (χ2n) is 6.20. The Morgan fingerprint density at radius 3 is 3.09 bits per heavy atom. The van der Waals surface area contributed by atoms with Gasteiger partial charge in [0.05, 0.1) is 18.4 Å². The minimum absolute atomic E-state index is 0.215. The Morgan fingerprint density at radius 2 is 2.35 bits per heavy atom. The largest absolute Gasteiger partial charge is 0.462 e. The van der Waals surface area contributed by atoms with E-state index in [1.807, 2.05) is 12.3 Å². The van der Waals surface area contributed by atoms with Crippen LogP contribution in [0.3, 0.4) is 0 Å². The van der Waals surface area contributed by atoms with Gasteiger partial charge in [-0.15, -0.1) is 0 Å². The summed E-state index contributed by atoms with van der Waals surface area (Å²) in [6.45, 7) is 4.24. The molecule has 0 bridgehead atoms. The van der Waals surface area contributed by atoms with E-state index < -0.39 is 0 Å². The van der Waals surface area contributed by atoms with Gasteiger partial charge in [0.25, 0.3) is 0 Å². The van der Waals surface area contributed by atoms with Crippen molar-refractivity contribution in [1.29, 1.82) is 0 Å². The van der Waals surface area contributed by atoms with Crippen molar-refractivity contribution in [1.82, 2.24) is 9.97 Å². The molecule has 3 atom stereocenters. The normalized spacial score (nSPS) is 24.6. The van der Waals surface area contributed by atoms with Crippen molar-refractivity contribution in [2.45, 2.75) is 45.3 Å². The molecule has 1 aliphatic carbocycles. The number of hydrogen-bond acceptors (Lipinski definition) is 5. The summed E-state index contributed by atoms with van der Waals surface area (Å²) >= 11 is 0. The number of esters is 1. The molecule has 0 saturated heterocycles. The zero-order valence-corrected chi connectivity index (χ0v) is 13.5. The van der Waals surface area contributed by atoms with Crippen LogP contribution < -0.4 is 5.32 Å². The van der Waals surface area contributed by atoms with Gasteiger partial charge >= 0.3 is 5.97 Å². The number of nitrogens with one attached hydrogen (secondary N) is 2. The molecule has 2 aromatic rings. The van der Waals surface area contributed by atoms with Crippen molar-refractivity contribution in [3.05, 3.63) is 24.0 Å². The molecule has 6 heteroatoms. The number of aliphatic hydroxyl groups excluding tert-OH is 1. The van der Waals surface area contributed by atoms with Crippen LogP contribution in [0.1, 0.15) is 43.5 Å². The fraction of sp³-hybridized carbons (Fsp3) is 0.529. The van der Waals surface area contributed by atoms with E-state index >= 15 is 0 Å². The standard InChI is InChI=1S/C17H23N3O3/c1-3-23-17(22)13-9-19-16-12(6-7-18-16)15(13)20-14-5-4-11(21)8-10(14)2/h6-7,9-11,14,21H,3-5,8H2,1-2H3,(H2,18,19,20). The lowest BCUT2D eigenvalue weighted by molar-refractivity contribution is 0.0526. The molecule has 0 amide bonds. The predicted molar refractivity (Wildman–Crippen MR) is 88.5 cm³/mol. The van der Waals surface area contributed by atoms with Crippen LogP contribution in [0, 0.1) is 5.92 Å². The molecule has 0 radical (unpaired) electrons. The smallest absolute Gasteiger partial charge is 0.341 e. The second kappa shape index (κ2) is 6.58. The summed E-state index contributed by atoms with van der Waals surface area (Å²) in [5, 5.41) is 14.2. The number of fused-ring (bicyclic) bond motifs is 1. The van der Waals surface area contributed by atoms with Crippen LogP contribution in [0.4, 0.5) is 5.69 Å². The molecule has 0 aromatic carbocycles. The van der Waals surface area contributed by atoms with E-state index in [0.29, 0.717) is 18.1 Å². The van der Waals surface area contributed by atoms with E-state index in [4.69, 9.17) is 4.74 Å². The highest BCUT2D eigenvalue weighted by atomic mass is 16.5. The Hall–Kier alpha value is -2.08. The highest BCUT2D eigenvalue weighted by Crippen LogP contribution is 2.32. The fourth-order valence-electron chi connectivity index (χ4n) is 3.29. The zero-order chi connectivity index (χ0) is 16.4. The number of anilines is 1. The summed E-state index contributed by atoms with van der Waals surface area (Å²) in [6, 6.07) is 2.13. The third-order valence-corrected chi connectivity index (χ3v) is 4.55. The van der Waals surface area contributed by atoms with E-state index in [2.05, 4.69) is 22.2 Å². The third kappa shape index (κ3) is 3.17. The number of H-pyrrole nitrogens is 1. The number of aromatic nitrogens is 2. The van der Waals surface area contributed by atoms with Gasteiger partial charge in [-0.05, 0) is 38.2 Å². The number of carbonyl (C=O) groups is 1. The molecule has 0 aliphatic heterocycles. The number of rotatable bonds is 4. The van der Waals surface area contributed by atoms with Gasteiger partial charge in [0, 0.05) is 23.8 Å². The second-order valence-corrected chi connectivity index (χ2v) is 6.20. The number of carbonyl (C=O) groups excluding carboxylic acids is 1. The molecule has 2 aromatic heterocycles. The first-order valence-electron chi connectivity index (χ1n) is 8.18. The van der Waals surface area contributed by atoms with E-state index in [1.165, 1.54) is 0 Å². The minimum Gasteiger partial charge on any atom is -0.462 e. The van der Waals surface area contributed by atoms with Crippen LogP contribution in [0.15, 0.2) is 18.5 Å². The number of aromatic amines is 1. The van der Waals surface area contributed by atoms with Crippen molar-refractivity contribution < 1.29 is 14.6 Å². The number of hydrogen-bond donors (Lipinski definition) is 3. The van der Waals surface area contributed by atoms with Gasteiger partial charge in [0.2, 0.25) is 0 Å². The molecule has 3 N–H and O–H groups in total. The van der Waals surface area contributed by atoms with Gasteiger partial charge in [-0.3, -0.25) is 0 Å². The predicted octanol–water partition coefficient (Wildman–Crippen LogP) is 2.70. The molecule has 6 nitrogen and oxygen atoms in total. The Kier molecular flexibility index (Phi) is 4.52. The Labute approximate surface area is 135 Å². The van der Waals surface area contributed by atoms with Crippen LogP contribution in [0.2, 0.25) is 0 Å². The van der Waals surface area contributed by atoms with E-state index in [0.717, 1.165) is 36.0 Å². The van der Waals surface area contributed by atoms with Crippen molar-refractivity contribution in [2.75, 3.05) is 11.9 Å². The molecular weight excluding hydrogens is 294 g/mol. The average Bonchev–Trinajstić information content (AvgIpc) is 2.99. The van der Waals surface area contributed by atoms with Crippen molar-refractivity contribution >= 4 is 22.7 Å². The topological polar surface area (TPSA) is 87.2 Å². The molecule has 3 unspecified atom stereocenters. The molecule has 124 valence electrons. The maximum absolute atomic E-state index is 12.3. The molecule has 1 saturated carbocycles. The molecule has 23 heavy (non-hydrogen) atoms. The van der Waals surface area contributed by atoms with Crippen molar-refractivity contribution in [3.8, 4) is 0 Å². The first-order valence-corrected chi connectivity index (χ1v) is 8.18. The van der Waals surface area contributed by atoms with Crippen molar-refractivity contribution in [3.63, 3.8) is 0 Å². The molecule has 2 heterocycles. The molecule has 1 fully saturated rings. The maximum atomic E-state index is 12.3. The average molecular weight is 317 g/mol. The highest BCUT2D eigenvalue weighted by molar-refractivity contribution is 6.04. The third-order valence-electron chi connectivity index (χ3n) is 4.55. The summed E-state index contributed by atoms with van der Waals surface area (Å²) < 4.78 is 5.16. The minimum atomic E-state index is -0.367. The van der Waals surface area contributed by atoms with Crippen LogP contribution in [-0.2, 0) is 4.74 Å². The van der Waals surface area contributed by atoms with Gasteiger partial charge < -0.3 is 20.1 Å². The van der Waals surface area contributed by atoms with E-state index in [-0.39, 0.29) is 18.1 Å². The van der Waals surface area contributed by atoms with Crippen molar-refractivity contribution in [2.24, 2.45) is 5.92 Å². The first-order chi connectivity index (χ1) is 11.1. The number of ether oxygens (including phenoxy) is 1. The summed E-state index contributed by atoms with van der Waals surface area (Å²) in [5.41, 5.74) is 1.96. The lowest BCUT2D eigenvalue weighted by Crippen LogP contribution is -2.36. The molecule has 1 aliphatic rings. The fourth-order valence-corrected chi connectivity index (χ4v) is 3.29. The lowest BCUT2D eigenvalue weighted by Gasteiger charge is -2.33. The van der Waals surface area contributed by atoms with Gasteiger partial charge in [-0.25, -0.2) is 9.78 Å². The van der Waals surface area contributed by atoms with Crippen LogP contribution >= 0.6 is 0 Å². The highest BCUT2D eigenvalue weighted by Gasteiger charge is 2.28. The van der Waals surface area contributed by atoms with Crippen LogP contribution in [0.5, 0.6) is 0 Å². The molecular formula is C17H23N3O3. The van der Waals surface area contributed by atoms with E-state index in [9.17, 15) is 9.90 Å². The number of aliphatic hydroxyl groups is 1. The van der Waals surface area contributed by atoms with Gasteiger partial charge in [-0.2, -0.15) is 0 Å². The molecule has 3 rings (SSSR count). The van der Waals surface area contributed by atoms with E-state index in [1.54, 1.807) is 13.1 Å². The number of nitrogens with zero attached hydrogens (tertiary/aromatic N) is 1. The molecule has 0 spiro atoms. The Morgan fingerprint density at radius 1 is 1.52 bits per heavy atom. The van der Waals surface area contributed by atoms with Gasteiger partial charge in [0.15, 0.2) is 0 Å². The quantitative estimate of drug-likeness (QED) is 0.755. The monoisotopic (exact) mass is 317 g/mol. The summed E-state index contributed by atoms with van der Waals surface area (Å²) in [5.74, 6) is -0.0370. The maximum Gasteiger partial charge on any atom is 0.341 e. The SMILES string of the molecule is CCOC(=O)c1cnc2[nH]ccc2c1NC1CCC(O)CC1C.